The Balaban J connectivity index is 1.80. The fraction of sp³-hybridized carbons (Fsp3) is 1.00. The molecule has 0 radical (unpaired) electrons. The summed E-state index contributed by atoms with van der Waals surface area (Å²) in [6.45, 7) is 3.98. The summed E-state index contributed by atoms with van der Waals surface area (Å²) in [4.78, 5) is 0. The molecule has 0 bridgehead atoms. The molecule has 1 aliphatic carbocycles. The van der Waals surface area contributed by atoms with Gasteiger partial charge in [-0.15, -0.1) is 0 Å². The van der Waals surface area contributed by atoms with E-state index < -0.39 is 0 Å². The molecule has 2 heteroatoms. The van der Waals surface area contributed by atoms with Gasteiger partial charge in [0.1, 0.15) is 0 Å². The minimum absolute atomic E-state index is 0.346. The number of hydrogen-bond donors (Lipinski definition) is 2. The molecule has 76 valence electrons. The monoisotopic (exact) mass is 183 g/mol. The van der Waals surface area contributed by atoms with E-state index in [0.717, 1.165) is 31.3 Å². The molecule has 2 fully saturated rings. The Bertz CT molecular complexity index is 177. The lowest BCUT2D eigenvalue weighted by molar-refractivity contribution is -0.0362. The lowest BCUT2D eigenvalue weighted by Gasteiger charge is -2.41. The molecule has 0 aromatic heterocycles. The highest BCUT2D eigenvalue weighted by Gasteiger charge is 2.37. The summed E-state index contributed by atoms with van der Waals surface area (Å²) in [5.74, 6) is 1.67. The largest absolute Gasteiger partial charge is 0.387 e. The first kappa shape index (κ1) is 9.47. The number of nitrogens with one attached hydrogen (secondary N) is 1. The van der Waals surface area contributed by atoms with Crippen molar-refractivity contribution in [3.05, 3.63) is 0 Å². The average molecular weight is 183 g/mol. The highest BCUT2D eigenvalue weighted by Crippen LogP contribution is 2.34. The first-order valence-electron chi connectivity index (χ1n) is 5.61. The zero-order valence-corrected chi connectivity index (χ0v) is 8.55. The summed E-state index contributed by atoms with van der Waals surface area (Å²) in [5.41, 5.74) is -0.346. The Morgan fingerprint density at radius 3 is 2.69 bits per heavy atom. The molecule has 0 aromatic carbocycles. The Hall–Kier alpha value is -0.0800. The van der Waals surface area contributed by atoms with E-state index in [-0.39, 0.29) is 5.60 Å². The van der Waals surface area contributed by atoms with Crippen LogP contribution in [0.5, 0.6) is 0 Å². The maximum Gasteiger partial charge on any atom is 0.0897 e. The van der Waals surface area contributed by atoms with Gasteiger partial charge in [-0.1, -0.05) is 26.2 Å². The van der Waals surface area contributed by atoms with Crippen LogP contribution in [0.1, 0.15) is 39.0 Å². The fourth-order valence-electron chi connectivity index (χ4n) is 2.84. The predicted molar refractivity (Wildman–Crippen MR) is 53.6 cm³/mol. The third-order valence-electron chi connectivity index (χ3n) is 3.62. The van der Waals surface area contributed by atoms with Crippen LogP contribution in [0.15, 0.2) is 0 Å². The van der Waals surface area contributed by atoms with E-state index in [1.807, 2.05) is 0 Å². The highest BCUT2D eigenvalue weighted by molar-refractivity contribution is 4.94. The van der Waals surface area contributed by atoms with Crippen LogP contribution in [0.25, 0.3) is 0 Å². The summed E-state index contributed by atoms with van der Waals surface area (Å²) in [6, 6.07) is 0. The Labute approximate surface area is 80.7 Å². The lowest BCUT2D eigenvalue weighted by atomic mass is 9.75. The zero-order valence-electron chi connectivity index (χ0n) is 8.55. The van der Waals surface area contributed by atoms with Crippen LogP contribution in [-0.2, 0) is 0 Å². The topological polar surface area (TPSA) is 32.3 Å². The van der Waals surface area contributed by atoms with Gasteiger partial charge in [-0.2, -0.15) is 0 Å². The van der Waals surface area contributed by atoms with Crippen LogP contribution < -0.4 is 5.32 Å². The van der Waals surface area contributed by atoms with Crippen LogP contribution in [-0.4, -0.2) is 23.8 Å². The van der Waals surface area contributed by atoms with Crippen molar-refractivity contribution < 1.29 is 5.11 Å². The first-order valence-corrected chi connectivity index (χ1v) is 5.61. The van der Waals surface area contributed by atoms with Crippen molar-refractivity contribution in [2.45, 2.75) is 44.6 Å². The second kappa shape index (κ2) is 3.58. The van der Waals surface area contributed by atoms with Gasteiger partial charge in [0.25, 0.3) is 0 Å². The molecule has 2 nitrogen and oxygen atoms in total. The molecule has 2 atom stereocenters. The van der Waals surface area contributed by atoms with E-state index in [1.54, 1.807) is 0 Å². The van der Waals surface area contributed by atoms with E-state index in [4.69, 9.17) is 0 Å². The van der Waals surface area contributed by atoms with Crippen molar-refractivity contribution in [2.24, 2.45) is 11.8 Å². The molecule has 1 aliphatic heterocycles. The van der Waals surface area contributed by atoms with E-state index in [1.165, 1.54) is 25.7 Å². The predicted octanol–water partition coefficient (Wildman–Crippen LogP) is 1.54. The molecular weight excluding hydrogens is 162 g/mol. The third-order valence-corrected chi connectivity index (χ3v) is 3.62. The normalized spacial score (nSPS) is 38.3. The number of aliphatic hydroxyl groups is 1. The molecule has 0 aromatic rings. The van der Waals surface area contributed by atoms with Gasteiger partial charge in [0.15, 0.2) is 0 Å². The minimum atomic E-state index is -0.346. The third kappa shape index (κ3) is 2.23. The molecule has 2 rings (SSSR count). The van der Waals surface area contributed by atoms with Crippen LogP contribution in [0.2, 0.25) is 0 Å². The van der Waals surface area contributed by atoms with Crippen LogP contribution in [0, 0.1) is 11.8 Å². The van der Waals surface area contributed by atoms with Gasteiger partial charge < -0.3 is 10.4 Å². The lowest BCUT2D eigenvalue weighted by Crippen LogP contribution is -2.60. The smallest absolute Gasteiger partial charge is 0.0897 e. The molecule has 2 unspecified atom stereocenters. The highest BCUT2D eigenvalue weighted by atomic mass is 16.3. The molecule has 13 heavy (non-hydrogen) atoms. The summed E-state index contributed by atoms with van der Waals surface area (Å²) < 4.78 is 0. The van der Waals surface area contributed by atoms with Crippen molar-refractivity contribution in [1.82, 2.24) is 5.32 Å². The van der Waals surface area contributed by atoms with Gasteiger partial charge in [0.2, 0.25) is 0 Å². The molecule has 0 amide bonds. The number of β-amino-alcohol motifs (C(OH)–C–C–N with tert-alkyl or cyclic N) is 1. The first-order chi connectivity index (χ1) is 6.18. The molecule has 1 saturated carbocycles. The van der Waals surface area contributed by atoms with Crippen LogP contribution >= 0.6 is 0 Å². The molecule has 2 aliphatic rings. The second-order valence-electron chi connectivity index (χ2n) is 5.17. The van der Waals surface area contributed by atoms with Gasteiger partial charge in [-0.05, 0) is 24.7 Å². The number of rotatable bonds is 2. The van der Waals surface area contributed by atoms with Crippen molar-refractivity contribution in [3.8, 4) is 0 Å². The average Bonchev–Trinajstić information content (AvgIpc) is 2.01. The van der Waals surface area contributed by atoms with E-state index >= 15 is 0 Å². The number of hydrogen-bond acceptors (Lipinski definition) is 2. The molecular formula is C11H21NO. The molecule has 1 saturated heterocycles. The van der Waals surface area contributed by atoms with E-state index in [2.05, 4.69) is 12.2 Å². The van der Waals surface area contributed by atoms with Gasteiger partial charge in [-0.25, -0.2) is 0 Å². The molecule has 2 N–H and O–H groups in total. The minimum Gasteiger partial charge on any atom is -0.387 e. The Kier molecular flexibility index (Phi) is 2.61. The molecule has 1 heterocycles. The maximum absolute atomic E-state index is 9.99. The van der Waals surface area contributed by atoms with Crippen LogP contribution in [0.4, 0.5) is 0 Å². The quantitative estimate of drug-likeness (QED) is 0.680. The van der Waals surface area contributed by atoms with Gasteiger partial charge in [0.05, 0.1) is 5.60 Å². The zero-order chi connectivity index (χ0) is 9.31. The van der Waals surface area contributed by atoms with Gasteiger partial charge >= 0.3 is 0 Å². The van der Waals surface area contributed by atoms with Crippen molar-refractivity contribution in [3.63, 3.8) is 0 Å². The van der Waals surface area contributed by atoms with Crippen molar-refractivity contribution in [1.29, 1.82) is 0 Å². The van der Waals surface area contributed by atoms with Crippen molar-refractivity contribution in [2.75, 3.05) is 13.1 Å². The van der Waals surface area contributed by atoms with E-state index in [9.17, 15) is 5.11 Å². The Morgan fingerprint density at radius 2 is 2.15 bits per heavy atom. The SMILES string of the molecule is CC1CCCC(CC2(O)CNC2)C1. The summed E-state index contributed by atoms with van der Waals surface area (Å²) >= 11 is 0. The standard InChI is InChI=1S/C11H21NO/c1-9-3-2-4-10(5-9)6-11(13)7-12-8-11/h9-10,12-13H,2-8H2,1H3. The van der Waals surface area contributed by atoms with Crippen molar-refractivity contribution >= 4 is 0 Å². The van der Waals surface area contributed by atoms with Gasteiger partial charge in [-0.3, -0.25) is 0 Å². The van der Waals surface area contributed by atoms with E-state index in [0.29, 0.717) is 0 Å². The maximum atomic E-state index is 9.99. The summed E-state index contributed by atoms with van der Waals surface area (Å²) in [5, 5.41) is 13.1. The summed E-state index contributed by atoms with van der Waals surface area (Å²) in [6.07, 6.45) is 6.47. The van der Waals surface area contributed by atoms with Crippen LogP contribution in [0.3, 0.4) is 0 Å². The molecule has 0 spiro atoms. The van der Waals surface area contributed by atoms with Gasteiger partial charge in [0, 0.05) is 13.1 Å². The summed E-state index contributed by atoms with van der Waals surface area (Å²) in [7, 11) is 0. The second-order valence-corrected chi connectivity index (χ2v) is 5.17. The Morgan fingerprint density at radius 1 is 1.38 bits per heavy atom. The fourth-order valence-corrected chi connectivity index (χ4v) is 2.84.